The Morgan fingerprint density at radius 1 is 1.23 bits per heavy atom. The Morgan fingerprint density at radius 2 is 1.90 bits per heavy atom. The minimum Gasteiger partial charge on any atom is -1.00 e. The van der Waals surface area contributed by atoms with Gasteiger partial charge in [-0.15, -0.1) is 0 Å². The van der Waals surface area contributed by atoms with Gasteiger partial charge < -0.3 is 12.6 Å². The van der Waals surface area contributed by atoms with Crippen molar-refractivity contribution in [1.29, 1.82) is 0 Å². The van der Waals surface area contributed by atoms with Gasteiger partial charge in [0.05, 0.1) is 0 Å². The van der Waals surface area contributed by atoms with Crippen LogP contribution in [0.1, 0.15) is 55.7 Å². The molecule has 7 atom stereocenters. The molecule has 164 valence electrons. The molecule has 0 aromatic rings. The maximum Gasteiger partial charge on any atom is 1.00 e. The van der Waals surface area contributed by atoms with Crippen LogP contribution in [0.4, 0.5) is 0 Å². The molecule has 0 radical (unpaired) electrons. The Hall–Kier alpha value is 0.930. The van der Waals surface area contributed by atoms with Gasteiger partial charge in [0.25, 0.3) is 0 Å². The molecule has 0 unspecified atom stereocenters. The largest absolute Gasteiger partial charge is 1.00 e. The maximum absolute atomic E-state index is 12.8. The number of Topliss-reactive ketones (excluding diaryl/α,β-unsaturated/α-hetero) is 1. The number of phosphoric ester groups is 1. The first-order valence-corrected chi connectivity index (χ1v) is 12.2. The summed E-state index contributed by atoms with van der Waals surface area (Å²) < 4.78 is 15.5. The number of allylic oxidation sites excluding steroid dienone is 4. The molecule has 9 heteroatoms. The van der Waals surface area contributed by atoms with Crippen molar-refractivity contribution in [2.24, 2.45) is 40.4 Å². The summed E-state index contributed by atoms with van der Waals surface area (Å²) >= 11 is 0. The van der Waals surface area contributed by atoms with E-state index < -0.39 is 14.4 Å². The SMILES string of the molecule is C[C@H]1C[C@H]2[C@@H]3CC[C@H](C(=O)COP(=O)(O)O)[C@@]3(C)CC[C@@H]2[C@@]2(C)C=CC(=O)C=C12.[H-].[H-].[Na+].[Na+]. The number of hydrogen-bond acceptors (Lipinski definition) is 4. The maximum atomic E-state index is 12.8. The summed E-state index contributed by atoms with van der Waals surface area (Å²) in [6, 6.07) is 0. The topological polar surface area (TPSA) is 101 Å². The van der Waals surface area contributed by atoms with E-state index in [2.05, 4.69) is 31.4 Å². The summed E-state index contributed by atoms with van der Waals surface area (Å²) in [5.74, 6) is 1.40. The van der Waals surface area contributed by atoms with Gasteiger partial charge in [0.2, 0.25) is 0 Å². The molecule has 3 fully saturated rings. The van der Waals surface area contributed by atoms with E-state index in [4.69, 9.17) is 9.79 Å². The third kappa shape index (κ3) is 5.00. The van der Waals surface area contributed by atoms with E-state index in [0.29, 0.717) is 23.7 Å². The third-order valence-electron chi connectivity index (χ3n) is 8.64. The number of phosphoric acid groups is 1. The predicted molar refractivity (Wildman–Crippen MR) is 110 cm³/mol. The summed E-state index contributed by atoms with van der Waals surface area (Å²) in [5, 5.41) is 0. The van der Waals surface area contributed by atoms with Gasteiger partial charge in [-0.1, -0.05) is 32.4 Å². The van der Waals surface area contributed by atoms with Gasteiger partial charge in [-0.25, -0.2) is 4.57 Å². The minimum absolute atomic E-state index is 0. The molecular weight excluding hydrogens is 437 g/mol. The van der Waals surface area contributed by atoms with Gasteiger partial charge in [-0.05, 0) is 73.3 Å². The van der Waals surface area contributed by atoms with Crippen molar-refractivity contribution in [2.45, 2.75) is 52.9 Å². The Kier molecular flexibility index (Phi) is 8.99. The molecule has 0 bridgehead atoms. The van der Waals surface area contributed by atoms with Crippen LogP contribution in [0.25, 0.3) is 0 Å². The van der Waals surface area contributed by atoms with E-state index in [-0.39, 0.29) is 90.3 Å². The molecule has 0 amide bonds. The zero-order valence-electron chi connectivity index (χ0n) is 21.3. The molecule has 4 aliphatic carbocycles. The summed E-state index contributed by atoms with van der Waals surface area (Å²) in [6.45, 7) is 6.16. The first-order valence-electron chi connectivity index (χ1n) is 10.6. The van der Waals surface area contributed by atoms with Gasteiger partial charge in [0.15, 0.2) is 11.6 Å². The number of ketones is 2. The van der Waals surface area contributed by atoms with Gasteiger partial charge >= 0.3 is 66.9 Å². The second-order valence-corrected chi connectivity index (χ2v) is 11.3. The summed E-state index contributed by atoms with van der Waals surface area (Å²) in [5.41, 5.74) is 1.01. The number of carbonyl (C=O) groups excluding carboxylic acids is 2. The fourth-order valence-corrected chi connectivity index (χ4v) is 7.69. The number of hydrogen-bond donors (Lipinski definition) is 2. The molecule has 4 aliphatic rings. The van der Waals surface area contributed by atoms with Gasteiger partial charge in [0, 0.05) is 11.3 Å². The molecule has 0 aliphatic heterocycles. The van der Waals surface area contributed by atoms with Crippen LogP contribution in [0.5, 0.6) is 0 Å². The standard InChI is InChI=1S/C22H31O6P.2Na.2H/c1-13-10-15-16-4-5-18(20(24)12-28-29(25,26)27)21(16,2)9-7-17(15)22(3)8-6-14(23)11-19(13)22;;;;/h6,8,11,13,15-18H,4-5,7,9-10,12H2,1-3H3,(H2,25,26,27);;;;/q;2*+1;2*-1/t13-,15-,16-,17-,18+,21-,22+;;;;/m0..../s1. The summed E-state index contributed by atoms with van der Waals surface area (Å²) in [7, 11) is -4.64. The molecule has 0 aromatic heterocycles. The zero-order chi connectivity index (χ0) is 21.2. The van der Waals surface area contributed by atoms with E-state index >= 15 is 0 Å². The van der Waals surface area contributed by atoms with Crippen LogP contribution in [0.3, 0.4) is 0 Å². The Morgan fingerprint density at radius 3 is 2.55 bits per heavy atom. The molecule has 31 heavy (non-hydrogen) atoms. The van der Waals surface area contributed by atoms with E-state index in [1.54, 1.807) is 6.08 Å². The van der Waals surface area contributed by atoms with E-state index in [9.17, 15) is 14.2 Å². The average molecular weight is 470 g/mol. The Bertz CT molecular complexity index is 862. The fourth-order valence-electron chi connectivity index (χ4n) is 7.39. The van der Waals surface area contributed by atoms with Crippen LogP contribution < -0.4 is 59.1 Å². The number of fused-ring (bicyclic) bond motifs is 5. The second-order valence-electron chi connectivity index (χ2n) is 10.0. The number of carbonyl (C=O) groups is 2. The van der Waals surface area contributed by atoms with Crippen LogP contribution in [-0.2, 0) is 18.7 Å². The van der Waals surface area contributed by atoms with Crippen molar-refractivity contribution >= 4 is 19.4 Å². The van der Waals surface area contributed by atoms with Crippen molar-refractivity contribution in [3.05, 3.63) is 23.8 Å². The monoisotopic (exact) mass is 470 g/mol. The van der Waals surface area contributed by atoms with Crippen molar-refractivity contribution in [1.82, 2.24) is 0 Å². The van der Waals surface area contributed by atoms with E-state index in [1.807, 2.05) is 6.08 Å². The molecule has 0 spiro atoms. The average Bonchev–Trinajstić information content (AvgIpc) is 2.98. The summed E-state index contributed by atoms with van der Waals surface area (Å²) in [6.07, 6.45) is 10.4. The van der Waals surface area contributed by atoms with Crippen LogP contribution in [-0.4, -0.2) is 28.0 Å². The van der Waals surface area contributed by atoms with Crippen LogP contribution in [0, 0.1) is 40.4 Å². The summed E-state index contributed by atoms with van der Waals surface area (Å²) in [4.78, 5) is 42.7. The Labute approximate surface area is 231 Å². The minimum atomic E-state index is -4.64. The molecule has 3 saturated carbocycles. The van der Waals surface area contributed by atoms with Gasteiger partial charge in [0.1, 0.15) is 6.61 Å². The van der Waals surface area contributed by atoms with Crippen LogP contribution in [0.2, 0.25) is 0 Å². The third-order valence-corrected chi connectivity index (χ3v) is 9.11. The molecule has 0 heterocycles. The second kappa shape index (κ2) is 9.89. The normalized spacial score (nSPS) is 41.1. The van der Waals surface area contributed by atoms with E-state index in [1.165, 1.54) is 5.57 Å². The quantitative estimate of drug-likeness (QED) is 0.367. The van der Waals surface area contributed by atoms with Crippen LogP contribution in [0.15, 0.2) is 23.8 Å². The fraction of sp³-hybridized carbons (Fsp3) is 0.727. The number of rotatable bonds is 4. The molecule has 0 saturated heterocycles. The van der Waals surface area contributed by atoms with Crippen LogP contribution >= 0.6 is 7.82 Å². The molecule has 0 aromatic carbocycles. The molecule has 4 rings (SSSR count). The van der Waals surface area contributed by atoms with Crippen molar-refractivity contribution in [3.8, 4) is 0 Å². The smallest absolute Gasteiger partial charge is 1.00 e. The molecular formula is C22H33Na2O6P. The van der Waals surface area contributed by atoms with E-state index in [0.717, 1.165) is 32.1 Å². The first kappa shape index (κ1) is 28.2. The molecule has 2 N–H and O–H groups in total. The molecule has 6 nitrogen and oxygen atoms in total. The Balaban J connectivity index is 0.00000256. The van der Waals surface area contributed by atoms with Gasteiger partial charge in [-0.3, -0.25) is 14.1 Å². The van der Waals surface area contributed by atoms with Crippen molar-refractivity contribution < 1.29 is 90.4 Å². The zero-order valence-corrected chi connectivity index (χ0v) is 24.2. The van der Waals surface area contributed by atoms with Gasteiger partial charge in [-0.2, -0.15) is 0 Å². The first-order chi connectivity index (χ1) is 13.5. The van der Waals surface area contributed by atoms with Crippen molar-refractivity contribution in [3.63, 3.8) is 0 Å². The van der Waals surface area contributed by atoms with Crippen molar-refractivity contribution in [2.75, 3.05) is 6.61 Å². The predicted octanol–water partition coefficient (Wildman–Crippen LogP) is -1.93.